The highest BCUT2D eigenvalue weighted by atomic mass is 35.5. The standard InChI is InChI=1S/C18H17ClO/c1-12-5-8-16(19)11-17(12)18(20)10-13-6-7-14-3-2-4-15(14)9-13/h5-9,11H,2-4,10H2,1H3. The van der Waals surface area contributed by atoms with E-state index < -0.39 is 0 Å². The Labute approximate surface area is 124 Å². The molecule has 2 aromatic rings. The minimum atomic E-state index is 0.142. The quantitative estimate of drug-likeness (QED) is 0.755. The van der Waals surface area contributed by atoms with Gasteiger partial charge in [-0.25, -0.2) is 0 Å². The number of fused-ring (bicyclic) bond motifs is 1. The number of Topliss-reactive ketones (excluding diaryl/α,β-unsaturated/α-hetero) is 1. The molecule has 0 saturated carbocycles. The Balaban J connectivity index is 1.84. The van der Waals surface area contributed by atoms with Crippen molar-refractivity contribution >= 4 is 17.4 Å². The molecule has 0 bridgehead atoms. The predicted octanol–water partition coefficient (Wildman–Crippen LogP) is 4.56. The normalized spacial score (nSPS) is 13.3. The second kappa shape index (κ2) is 5.41. The Morgan fingerprint density at radius 3 is 2.75 bits per heavy atom. The molecule has 102 valence electrons. The van der Waals surface area contributed by atoms with Gasteiger partial charge in [0.1, 0.15) is 0 Å². The largest absolute Gasteiger partial charge is 0.294 e. The van der Waals surface area contributed by atoms with Crippen LogP contribution in [-0.4, -0.2) is 5.78 Å². The van der Waals surface area contributed by atoms with E-state index in [1.165, 1.54) is 24.0 Å². The third-order valence-electron chi connectivity index (χ3n) is 4.03. The van der Waals surface area contributed by atoms with E-state index >= 15 is 0 Å². The van der Waals surface area contributed by atoms with Crippen LogP contribution in [0.5, 0.6) is 0 Å². The fourth-order valence-corrected chi connectivity index (χ4v) is 3.08. The van der Waals surface area contributed by atoms with Crippen molar-refractivity contribution in [3.63, 3.8) is 0 Å². The van der Waals surface area contributed by atoms with Gasteiger partial charge in [0, 0.05) is 17.0 Å². The average molecular weight is 285 g/mol. The van der Waals surface area contributed by atoms with Crippen LogP contribution in [0.3, 0.4) is 0 Å². The first kappa shape index (κ1) is 13.4. The van der Waals surface area contributed by atoms with Crippen LogP contribution in [0.4, 0.5) is 0 Å². The van der Waals surface area contributed by atoms with Crippen molar-refractivity contribution in [1.29, 1.82) is 0 Å². The van der Waals surface area contributed by atoms with Gasteiger partial charge in [-0.1, -0.05) is 35.9 Å². The summed E-state index contributed by atoms with van der Waals surface area (Å²) in [6.07, 6.45) is 4.01. The highest BCUT2D eigenvalue weighted by Gasteiger charge is 2.14. The highest BCUT2D eigenvalue weighted by molar-refractivity contribution is 6.31. The first-order valence-electron chi connectivity index (χ1n) is 7.03. The lowest BCUT2D eigenvalue weighted by Gasteiger charge is -2.07. The molecule has 2 aromatic carbocycles. The fraction of sp³-hybridized carbons (Fsp3) is 0.278. The van der Waals surface area contributed by atoms with Crippen LogP contribution in [0.15, 0.2) is 36.4 Å². The van der Waals surface area contributed by atoms with E-state index in [4.69, 9.17) is 11.6 Å². The molecule has 0 heterocycles. The fourth-order valence-electron chi connectivity index (χ4n) is 2.91. The van der Waals surface area contributed by atoms with Crippen molar-refractivity contribution in [3.8, 4) is 0 Å². The van der Waals surface area contributed by atoms with Gasteiger partial charge in [-0.2, -0.15) is 0 Å². The van der Waals surface area contributed by atoms with Gasteiger partial charge in [-0.15, -0.1) is 0 Å². The van der Waals surface area contributed by atoms with Crippen LogP contribution in [0.2, 0.25) is 5.02 Å². The molecular weight excluding hydrogens is 268 g/mol. The summed E-state index contributed by atoms with van der Waals surface area (Å²) in [6, 6.07) is 12.0. The Morgan fingerprint density at radius 1 is 1.10 bits per heavy atom. The van der Waals surface area contributed by atoms with E-state index in [1.807, 2.05) is 19.1 Å². The number of rotatable bonds is 3. The number of hydrogen-bond donors (Lipinski definition) is 0. The topological polar surface area (TPSA) is 17.1 Å². The number of benzene rings is 2. The molecule has 0 unspecified atom stereocenters. The molecule has 0 aliphatic heterocycles. The lowest BCUT2D eigenvalue weighted by Crippen LogP contribution is -2.06. The second-order valence-corrected chi connectivity index (χ2v) is 5.95. The summed E-state index contributed by atoms with van der Waals surface area (Å²) in [7, 11) is 0. The maximum Gasteiger partial charge on any atom is 0.167 e. The molecule has 0 aromatic heterocycles. The number of carbonyl (C=O) groups is 1. The van der Waals surface area contributed by atoms with Crippen molar-refractivity contribution in [2.24, 2.45) is 0 Å². The zero-order valence-corrected chi connectivity index (χ0v) is 12.3. The first-order chi connectivity index (χ1) is 9.63. The molecule has 0 fully saturated rings. The Kier molecular flexibility index (Phi) is 3.62. The number of ketones is 1. The van der Waals surface area contributed by atoms with E-state index in [0.717, 1.165) is 23.1 Å². The molecule has 0 radical (unpaired) electrons. The van der Waals surface area contributed by atoms with Crippen LogP contribution in [0.25, 0.3) is 0 Å². The summed E-state index contributed by atoms with van der Waals surface area (Å²) in [5.74, 6) is 0.142. The summed E-state index contributed by atoms with van der Waals surface area (Å²) >= 11 is 5.99. The van der Waals surface area contributed by atoms with Crippen LogP contribution in [0, 0.1) is 6.92 Å². The zero-order chi connectivity index (χ0) is 14.1. The lowest BCUT2D eigenvalue weighted by atomic mass is 9.97. The Morgan fingerprint density at radius 2 is 1.90 bits per heavy atom. The van der Waals surface area contributed by atoms with Gasteiger partial charge < -0.3 is 0 Å². The van der Waals surface area contributed by atoms with Crippen molar-refractivity contribution < 1.29 is 4.79 Å². The van der Waals surface area contributed by atoms with Crippen molar-refractivity contribution in [2.45, 2.75) is 32.6 Å². The summed E-state index contributed by atoms with van der Waals surface area (Å²) in [6.45, 7) is 1.95. The van der Waals surface area contributed by atoms with E-state index in [9.17, 15) is 4.79 Å². The number of carbonyl (C=O) groups excluding carboxylic acids is 1. The van der Waals surface area contributed by atoms with Gasteiger partial charge in [0.05, 0.1) is 0 Å². The van der Waals surface area contributed by atoms with Gasteiger partial charge in [-0.05, 0) is 60.6 Å². The SMILES string of the molecule is Cc1ccc(Cl)cc1C(=O)Cc1ccc2c(c1)CCC2. The van der Waals surface area contributed by atoms with Crippen LogP contribution < -0.4 is 0 Å². The Hall–Kier alpha value is -1.60. The third-order valence-corrected chi connectivity index (χ3v) is 4.26. The Bertz CT molecular complexity index is 673. The van der Waals surface area contributed by atoms with E-state index in [0.29, 0.717) is 11.4 Å². The number of halogens is 1. The highest BCUT2D eigenvalue weighted by Crippen LogP contribution is 2.24. The molecule has 20 heavy (non-hydrogen) atoms. The van der Waals surface area contributed by atoms with Gasteiger partial charge in [0.25, 0.3) is 0 Å². The van der Waals surface area contributed by atoms with Gasteiger partial charge in [-0.3, -0.25) is 4.79 Å². The monoisotopic (exact) mass is 284 g/mol. The molecule has 0 N–H and O–H groups in total. The summed E-state index contributed by atoms with van der Waals surface area (Å²) in [4.78, 5) is 12.4. The van der Waals surface area contributed by atoms with Gasteiger partial charge in [0.2, 0.25) is 0 Å². The first-order valence-corrected chi connectivity index (χ1v) is 7.41. The second-order valence-electron chi connectivity index (χ2n) is 5.52. The minimum Gasteiger partial charge on any atom is -0.294 e. The maximum atomic E-state index is 12.4. The van der Waals surface area contributed by atoms with Crippen LogP contribution >= 0.6 is 11.6 Å². The average Bonchev–Trinajstić information content (AvgIpc) is 2.89. The molecule has 2 heteroatoms. The smallest absolute Gasteiger partial charge is 0.167 e. The van der Waals surface area contributed by atoms with Crippen molar-refractivity contribution in [2.75, 3.05) is 0 Å². The van der Waals surface area contributed by atoms with Crippen LogP contribution in [-0.2, 0) is 19.3 Å². The molecule has 1 aliphatic rings. The molecule has 3 rings (SSSR count). The maximum absolute atomic E-state index is 12.4. The van der Waals surface area contributed by atoms with E-state index in [-0.39, 0.29) is 5.78 Å². The molecular formula is C18H17ClO. The molecule has 0 amide bonds. The predicted molar refractivity (Wildman–Crippen MR) is 82.7 cm³/mol. The van der Waals surface area contributed by atoms with Crippen molar-refractivity contribution in [1.82, 2.24) is 0 Å². The summed E-state index contributed by atoms with van der Waals surface area (Å²) < 4.78 is 0. The molecule has 0 saturated heterocycles. The van der Waals surface area contributed by atoms with Gasteiger partial charge in [0.15, 0.2) is 5.78 Å². The minimum absolute atomic E-state index is 0.142. The molecule has 0 spiro atoms. The lowest BCUT2D eigenvalue weighted by molar-refractivity contribution is 0.0992. The van der Waals surface area contributed by atoms with Crippen molar-refractivity contribution in [3.05, 3.63) is 69.2 Å². The number of aryl methyl sites for hydroxylation is 3. The zero-order valence-electron chi connectivity index (χ0n) is 11.6. The van der Waals surface area contributed by atoms with Gasteiger partial charge >= 0.3 is 0 Å². The number of hydrogen-bond acceptors (Lipinski definition) is 1. The van der Waals surface area contributed by atoms with E-state index in [1.54, 1.807) is 6.07 Å². The van der Waals surface area contributed by atoms with Crippen LogP contribution in [0.1, 0.15) is 39.0 Å². The van der Waals surface area contributed by atoms with E-state index in [2.05, 4.69) is 18.2 Å². The third kappa shape index (κ3) is 2.64. The molecule has 1 aliphatic carbocycles. The summed E-state index contributed by atoms with van der Waals surface area (Å²) in [5, 5.41) is 0.618. The summed E-state index contributed by atoms with van der Waals surface area (Å²) in [5.41, 5.74) is 5.69. The molecule has 1 nitrogen and oxygen atoms in total. The molecule has 0 atom stereocenters.